The van der Waals surface area contributed by atoms with Gasteiger partial charge in [0.25, 0.3) is 0 Å². The number of aliphatic hydroxyl groups is 1. The Morgan fingerprint density at radius 3 is 2.63 bits per heavy atom. The first-order valence-electron chi connectivity index (χ1n) is 9.63. The number of nitriles is 1. The maximum Gasteiger partial charge on any atom is 0.163 e. The average molecular weight is 402 g/mol. The average Bonchev–Trinajstić information content (AvgIpc) is 3.13. The Hall–Kier alpha value is -3.63. The number of aliphatic hydroxyl groups excluding tert-OH is 1. The van der Waals surface area contributed by atoms with Crippen molar-refractivity contribution in [3.63, 3.8) is 0 Å². The van der Waals surface area contributed by atoms with Crippen molar-refractivity contribution in [3.05, 3.63) is 48.2 Å². The highest BCUT2D eigenvalue weighted by atomic mass is 16.5. The number of hydrogen-bond donors (Lipinski definition) is 1. The van der Waals surface area contributed by atoms with Crippen LogP contribution in [-0.2, 0) is 7.05 Å². The zero-order chi connectivity index (χ0) is 21.3. The Morgan fingerprint density at radius 2 is 1.97 bits per heavy atom. The Labute approximate surface area is 174 Å². The van der Waals surface area contributed by atoms with Gasteiger partial charge in [0.15, 0.2) is 11.5 Å². The van der Waals surface area contributed by atoms with Gasteiger partial charge in [0.05, 0.1) is 42.6 Å². The fourth-order valence-electron chi connectivity index (χ4n) is 3.40. The molecule has 0 aliphatic carbocycles. The first kappa shape index (κ1) is 19.7. The van der Waals surface area contributed by atoms with Gasteiger partial charge in [-0.25, -0.2) is 0 Å². The second-order valence-corrected chi connectivity index (χ2v) is 7.30. The molecule has 0 radical (unpaired) electrons. The molecule has 0 spiro atoms. The van der Waals surface area contributed by atoms with Crippen molar-refractivity contribution < 1.29 is 14.6 Å². The van der Waals surface area contributed by atoms with Gasteiger partial charge in [0.2, 0.25) is 0 Å². The van der Waals surface area contributed by atoms with Crippen LogP contribution in [0.1, 0.15) is 12.5 Å². The van der Waals surface area contributed by atoms with Crippen LogP contribution < -0.4 is 9.47 Å². The first-order valence-corrected chi connectivity index (χ1v) is 9.63. The number of rotatable bonds is 6. The summed E-state index contributed by atoms with van der Waals surface area (Å²) < 4.78 is 13.2. The van der Waals surface area contributed by atoms with Crippen LogP contribution in [0.15, 0.2) is 42.6 Å². The summed E-state index contributed by atoms with van der Waals surface area (Å²) in [5, 5.41) is 24.9. The van der Waals surface area contributed by atoms with Gasteiger partial charge in [0.1, 0.15) is 5.69 Å². The maximum atomic E-state index is 9.25. The number of fused-ring (bicyclic) bond motifs is 3. The number of benzene rings is 2. The molecule has 7 heteroatoms. The van der Waals surface area contributed by atoms with Crippen molar-refractivity contribution in [1.82, 2.24) is 14.8 Å². The van der Waals surface area contributed by atoms with E-state index < -0.39 is 0 Å². The number of methoxy groups -OCH3 is 1. The molecule has 4 rings (SSSR count). The van der Waals surface area contributed by atoms with Gasteiger partial charge < -0.3 is 14.6 Å². The molecule has 1 N–H and O–H groups in total. The third-order valence-electron chi connectivity index (χ3n) is 5.09. The van der Waals surface area contributed by atoms with Crippen LogP contribution >= 0.6 is 0 Å². The third-order valence-corrected chi connectivity index (χ3v) is 5.09. The lowest BCUT2D eigenvalue weighted by Crippen LogP contribution is -2.12. The molecule has 0 bridgehead atoms. The lowest BCUT2D eigenvalue weighted by molar-refractivity contribution is 0.171. The highest BCUT2D eigenvalue weighted by molar-refractivity contribution is 6.11. The molecule has 2 aromatic heterocycles. The summed E-state index contributed by atoms with van der Waals surface area (Å²) in [6.45, 7) is 2.34. The minimum absolute atomic E-state index is 0.0159. The normalized spacial score (nSPS) is 12.1. The van der Waals surface area contributed by atoms with E-state index >= 15 is 0 Å². The summed E-state index contributed by atoms with van der Waals surface area (Å²) >= 11 is 0. The van der Waals surface area contributed by atoms with Crippen LogP contribution in [0.2, 0.25) is 0 Å². The van der Waals surface area contributed by atoms with Crippen molar-refractivity contribution in [2.75, 3.05) is 20.3 Å². The molecule has 1 atom stereocenters. The number of hydrogen-bond acceptors (Lipinski definition) is 6. The van der Waals surface area contributed by atoms with Crippen LogP contribution in [0, 0.1) is 17.2 Å². The maximum absolute atomic E-state index is 9.25. The van der Waals surface area contributed by atoms with E-state index in [1.165, 1.54) is 0 Å². The number of aromatic nitrogens is 3. The van der Waals surface area contributed by atoms with E-state index in [4.69, 9.17) is 19.8 Å². The number of ether oxygens (including phenoxy) is 2. The molecule has 1 unspecified atom stereocenters. The molecule has 0 saturated heterocycles. The number of nitrogens with zero attached hydrogens (tertiary/aromatic N) is 4. The van der Waals surface area contributed by atoms with Crippen LogP contribution in [-0.4, -0.2) is 40.2 Å². The Morgan fingerprint density at radius 1 is 1.20 bits per heavy atom. The monoisotopic (exact) mass is 402 g/mol. The molecule has 0 amide bonds. The van der Waals surface area contributed by atoms with Crippen LogP contribution in [0.3, 0.4) is 0 Å². The van der Waals surface area contributed by atoms with Gasteiger partial charge in [-0.15, -0.1) is 0 Å². The zero-order valence-corrected chi connectivity index (χ0v) is 17.1. The van der Waals surface area contributed by atoms with Crippen LogP contribution in [0.5, 0.6) is 11.5 Å². The molecule has 0 fully saturated rings. The quantitative estimate of drug-likeness (QED) is 0.529. The van der Waals surface area contributed by atoms with Crippen LogP contribution in [0.4, 0.5) is 0 Å². The summed E-state index contributed by atoms with van der Waals surface area (Å²) in [5.41, 5.74) is 3.99. The number of pyridine rings is 1. The minimum atomic E-state index is 0.0159. The van der Waals surface area contributed by atoms with E-state index in [2.05, 4.69) is 11.1 Å². The molecule has 152 valence electrons. The molecule has 0 saturated carbocycles. The lowest BCUT2D eigenvalue weighted by Gasteiger charge is -2.14. The molecule has 2 heterocycles. The molecular weight excluding hydrogens is 380 g/mol. The molecular formula is C23H22N4O3. The molecule has 2 aromatic carbocycles. The smallest absolute Gasteiger partial charge is 0.163 e. The summed E-state index contributed by atoms with van der Waals surface area (Å²) in [7, 11) is 3.48. The Bertz CT molecular complexity index is 1260. The van der Waals surface area contributed by atoms with Crippen molar-refractivity contribution in [2.45, 2.75) is 6.92 Å². The van der Waals surface area contributed by atoms with Crippen molar-refractivity contribution in [1.29, 1.82) is 5.26 Å². The highest BCUT2D eigenvalue weighted by Gasteiger charge is 2.18. The first-order chi connectivity index (χ1) is 14.5. The van der Waals surface area contributed by atoms with Crippen LogP contribution in [0.25, 0.3) is 33.1 Å². The summed E-state index contributed by atoms with van der Waals surface area (Å²) in [5.74, 6) is 1.19. The standard InChI is InChI=1S/C23H22N4O3/c1-14(12-28)13-30-21-9-18-17(8-20(21)29-3)22-19(11-25-18)27(2)26-23(22)16-6-4-15(10-24)5-7-16/h4-9,11,14,28H,12-13H2,1-3H3. The molecule has 0 aliphatic heterocycles. The van der Waals surface area contributed by atoms with E-state index in [1.807, 2.05) is 38.2 Å². The van der Waals surface area contributed by atoms with Crippen molar-refractivity contribution >= 4 is 21.8 Å². The van der Waals surface area contributed by atoms with E-state index in [0.29, 0.717) is 23.7 Å². The van der Waals surface area contributed by atoms with E-state index in [9.17, 15) is 5.11 Å². The molecule has 7 nitrogen and oxygen atoms in total. The second kappa shape index (κ2) is 8.01. The fourth-order valence-corrected chi connectivity index (χ4v) is 3.40. The Kier molecular flexibility index (Phi) is 5.25. The third kappa shape index (κ3) is 3.42. The summed E-state index contributed by atoms with van der Waals surface area (Å²) in [6.07, 6.45) is 1.80. The second-order valence-electron chi connectivity index (χ2n) is 7.30. The van der Waals surface area contributed by atoms with Gasteiger partial charge in [-0.2, -0.15) is 10.4 Å². The van der Waals surface area contributed by atoms with Gasteiger partial charge >= 0.3 is 0 Å². The van der Waals surface area contributed by atoms with Crippen molar-refractivity contribution in [3.8, 4) is 28.8 Å². The lowest BCUT2D eigenvalue weighted by atomic mass is 10.0. The largest absolute Gasteiger partial charge is 0.493 e. The summed E-state index contributed by atoms with van der Waals surface area (Å²) in [4.78, 5) is 4.60. The predicted octanol–water partition coefficient (Wildman–Crippen LogP) is 3.68. The predicted molar refractivity (Wildman–Crippen MR) is 114 cm³/mol. The van der Waals surface area contributed by atoms with E-state index in [1.54, 1.807) is 30.1 Å². The van der Waals surface area contributed by atoms with Gasteiger partial charge in [-0.1, -0.05) is 19.1 Å². The topological polar surface area (TPSA) is 93.2 Å². The Balaban J connectivity index is 1.90. The zero-order valence-electron chi connectivity index (χ0n) is 17.1. The number of aryl methyl sites for hydroxylation is 1. The van der Waals surface area contributed by atoms with Gasteiger partial charge in [0, 0.05) is 42.0 Å². The highest BCUT2D eigenvalue weighted by Crippen LogP contribution is 2.38. The van der Waals surface area contributed by atoms with E-state index in [0.717, 1.165) is 33.1 Å². The summed E-state index contributed by atoms with van der Waals surface area (Å²) in [6, 6.07) is 13.3. The fraction of sp³-hybridized carbons (Fsp3) is 0.261. The molecule has 30 heavy (non-hydrogen) atoms. The molecule has 0 aliphatic rings. The minimum Gasteiger partial charge on any atom is -0.493 e. The SMILES string of the molecule is COc1cc2c(cc1OCC(C)CO)ncc1c2c(-c2ccc(C#N)cc2)nn1C. The van der Waals surface area contributed by atoms with E-state index in [-0.39, 0.29) is 12.5 Å². The molecule has 4 aromatic rings. The van der Waals surface area contributed by atoms with Gasteiger partial charge in [-0.05, 0) is 18.2 Å². The van der Waals surface area contributed by atoms with Gasteiger partial charge in [-0.3, -0.25) is 9.67 Å². The van der Waals surface area contributed by atoms with Crippen molar-refractivity contribution in [2.24, 2.45) is 13.0 Å².